The smallest absolute Gasteiger partial charge is 0.253 e. The van der Waals surface area contributed by atoms with Gasteiger partial charge in [0.2, 0.25) is 0 Å². The van der Waals surface area contributed by atoms with Crippen LogP contribution in [0, 0.1) is 0 Å². The summed E-state index contributed by atoms with van der Waals surface area (Å²) in [4.78, 5) is 13.8. The number of hydrogen-bond donors (Lipinski definition) is 1. The average molecular weight is 241 g/mol. The highest BCUT2D eigenvalue weighted by Gasteiger charge is 2.12. The predicted octanol–water partition coefficient (Wildman–Crippen LogP) is 2.15. The molecule has 0 aliphatic rings. The van der Waals surface area contributed by atoms with Gasteiger partial charge in [-0.05, 0) is 44.2 Å². The van der Waals surface area contributed by atoms with Crippen molar-refractivity contribution in [3.8, 4) is 0 Å². The van der Waals surface area contributed by atoms with Gasteiger partial charge in [-0.1, -0.05) is 11.6 Å². The van der Waals surface area contributed by atoms with E-state index in [-0.39, 0.29) is 5.91 Å². The van der Waals surface area contributed by atoms with E-state index < -0.39 is 0 Å². The summed E-state index contributed by atoms with van der Waals surface area (Å²) in [5.41, 5.74) is 6.10. The van der Waals surface area contributed by atoms with Crippen LogP contribution in [0.2, 0.25) is 5.02 Å². The van der Waals surface area contributed by atoms with Crippen LogP contribution in [-0.4, -0.2) is 30.4 Å². The number of halogens is 1. The second-order valence-electron chi connectivity index (χ2n) is 3.53. The third-order valence-electron chi connectivity index (χ3n) is 2.39. The van der Waals surface area contributed by atoms with Crippen molar-refractivity contribution in [3.05, 3.63) is 34.9 Å². The summed E-state index contributed by atoms with van der Waals surface area (Å²) in [7, 11) is 0. The summed E-state index contributed by atoms with van der Waals surface area (Å²) in [6.45, 7) is 3.96. The topological polar surface area (TPSA) is 46.3 Å². The third kappa shape index (κ3) is 3.51. The first-order chi connectivity index (χ1) is 7.69. The van der Waals surface area contributed by atoms with Crippen molar-refractivity contribution in [2.45, 2.75) is 13.3 Å². The molecule has 0 aliphatic heterocycles. The fourth-order valence-electron chi connectivity index (χ4n) is 1.46. The SMILES string of the molecule is CCN(CCCN)C(=O)c1ccc(Cl)cc1. The van der Waals surface area contributed by atoms with E-state index in [1.165, 1.54) is 0 Å². The molecule has 16 heavy (non-hydrogen) atoms. The molecule has 0 bridgehead atoms. The van der Waals surface area contributed by atoms with Crippen LogP contribution in [0.25, 0.3) is 0 Å². The van der Waals surface area contributed by atoms with Crippen molar-refractivity contribution in [2.75, 3.05) is 19.6 Å². The van der Waals surface area contributed by atoms with Crippen LogP contribution >= 0.6 is 11.6 Å². The minimum Gasteiger partial charge on any atom is -0.339 e. The molecule has 0 saturated heterocycles. The molecule has 88 valence electrons. The molecular weight excluding hydrogens is 224 g/mol. The standard InChI is InChI=1S/C12H17ClN2O/c1-2-15(9-3-8-14)12(16)10-4-6-11(13)7-5-10/h4-7H,2-3,8-9,14H2,1H3. The van der Waals surface area contributed by atoms with Crippen molar-refractivity contribution < 1.29 is 4.79 Å². The van der Waals surface area contributed by atoms with Gasteiger partial charge in [-0.25, -0.2) is 0 Å². The predicted molar refractivity (Wildman–Crippen MR) is 66.7 cm³/mol. The minimum absolute atomic E-state index is 0.0348. The fraction of sp³-hybridized carbons (Fsp3) is 0.417. The lowest BCUT2D eigenvalue weighted by atomic mass is 10.2. The Hall–Kier alpha value is -1.06. The minimum atomic E-state index is 0.0348. The summed E-state index contributed by atoms with van der Waals surface area (Å²) in [6.07, 6.45) is 0.827. The van der Waals surface area contributed by atoms with E-state index in [1.54, 1.807) is 29.2 Å². The summed E-state index contributed by atoms with van der Waals surface area (Å²) in [6, 6.07) is 6.95. The van der Waals surface area contributed by atoms with Gasteiger partial charge >= 0.3 is 0 Å². The number of hydrogen-bond acceptors (Lipinski definition) is 2. The molecule has 0 aliphatic carbocycles. The number of nitrogens with zero attached hydrogens (tertiary/aromatic N) is 1. The summed E-state index contributed by atoms with van der Waals surface area (Å²) >= 11 is 5.77. The van der Waals surface area contributed by atoms with Gasteiger partial charge in [0.1, 0.15) is 0 Å². The molecule has 1 aromatic rings. The summed E-state index contributed by atoms with van der Waals surface area (Å²) in [5, 5.41) is 0.640. The quantitative estimate of drug-likeness (QED) is 0.857. The average Bonchev–Trinajstić information content (AvgIpc) is 2.30. The monoisotopic (exact) mass is 240 g/mol. The second kappa shape index (κ2) is 6.51. The molecule has 0 unspecified atom stereocenters. The lowest BCUT2D eigenvalue weighted by Crippen LogP contribution is -2.32. The van der Waals surface area contributed by atoms with Gasteiger partial charge in [0, 0.05) is 23.7 Å². The van der Waals surface area contributed by atoms with Crippen molar-refractivity contribution in [1.82, 2.24) is 4.90 Å². The number of amides is 1. The van der Waals surface area contributed by atoms with Crippen LogP contribution in [0.4, 0.5) is 0 Å². The van der Waals surface area contributed by atoms with Gasteiger partial charge in [0.25, 0.3) is 5.91 Å². The van der Waals surface area contributed by atoms with Crippen LogP contribution < -0.4 is 5.73 Å². The Labute approximate surface area is 101 Å². The molecule has 0 saturated carbocycles. The van der Waals surface area contributed by atoms with E-state index in [4.69, 9.17) is 17.3 Å². The molecule has 0 spiro atoms. The van der Waals surface area contributed by atoms with Crippen molar-refractivity contribution in [2.24, 2.45) is 5.73 Å². The zero-order valence-corrected chi connectivity index (χ0v) is 10.2. The fourth-order valence-corrected chi connectivity index (χ4v) is 1.59. The van der Waals surface area contributed by atoms with Crippen molar-refractivity contribution in [1.29, 1.82) is 0 Å². The normalized spacial score (nSPS) is 10.2. The Bertz CT molecular complexity index is 337. The second-order valence-corrected chi connectivity index (χ2v) is 3.97. The highest BCUT2D eigenvalue weighted by molar-refractivity contribution is 6.30. The first kappa shape index (κ1) is 13.0. The molecule has 0 radical (unpaired) electrons. The number of nitrogens with two attached hydrogens (primary N) is 1. The molecule has 1 rings (SSSR count). The van der Waals surface area contributed by atoms with Crippen LogP contribution in [0.15, 0.2) is 24.3 Å². The van der Waals surface area contributed by atoms with Gasteiger partial charge in [0.15, 0.2) is 0 Å². The number of carbonyl (C=O) groups is 1. The molecule has 0 atom stereocenters. The number of benzene rings is 1. The van der Waals surface area contributed by atoms with Crippen LogP contribution in [0.3, 0.4) is 0 Å². The molecule has 1 aromatic carbocycles. The van der Waals surface area contributed by atoms with Gasteiger partial charge in [-0.2, -0.15) is 0 Å². The first-order valence-electron chi connectivity index (χ1n) is 5.44. The van der Waals surface area contributed by atoms with E-state index in [0.29, 0.717) is 30.2 Å². The van der Waals surface area contributed by atoms with E-state index in [2.05, 4.69) is 0 Å². The van der Waals surface area contributed by atoms with Crippen LogP contribution in [-0.2, 0) is 0 Å². The number of carbonyl (C=O) groups excluding carboxylic acids is 1. The van der Waals surface area contributed by atoms with E-state index in [9.17, 15) is 4.79 Å². The molecule has 2 N–H and O–H groups in total. The van der Waals surface area contributed by atoms with Crippen molar-refractivity contribution in [3.63, 3.8) is 0 Å². The third-order valence-corrected chi connectivity index (χ3v) is 2.64. The highest BCUT2D eigenvalue weighted by Crippen LogP contribution is 2.11. The highest BCUT2D eigenvalue weighted by atomic mass is 35.5. The summed E-state index contributed by atoms with van der Waals surface area (Å²) in [5.74, 6) is 0.0348. The maximum atomic E-state index is 12.0. The lowest BCUT2D eigenvalue weighted by molar-refractivity contribution is 0.0763. The van der Waals surface area contributed by atoms with E-state index in [1.807, 2.05) is 6.92 Å². The molecule has 4 heteroatoms. The zero-order valence-electron chi connectivity index (χ0n) is 9.45. The van der Waals surface area contributed by atoms with Crippen LogP contribution in [0.1, 0.15) is 23.7 Å². The zero-order chi connectivity index (χ0) is 12.0. The van der Waals surface area contributed by atoms with Gasteiger partial charge in [-0.15, -0.1) is 0 Å². The maximum absolute atomic E-state index is 12.0. The maximum Gasteiger partial charge on any atom is 0.253 e. The molecular formula is C12H17ClN2O. The molecule has 0 aromatic heterocycles. The molecule has 0 fully saturated rings. The molecule has 3 nitrogen and oxygen atoms in total. The Morgan fingerprint density at radius 3 is 2.50 bits per heavy atom. The Balaban J connectivity index is 2.70. The Morgan fingerprint density at radius 1 is 1.38 bits per heavy atom. The summed E-state index contributed by atoms with van der Waals surface area (Å²) < 4.78 is 0. The van der Waals surface area contributed by atoms with Gasteiger partial charge in [-0.3, -0.25) is 4.79 Å². The van der Waals surface area contributed by atoms with Gasteiger partial charge < -0.3 is 10.6 Å². The van der Waals surface area contributed by atoms with Crippen LogP contribution in [0.5, 0.6) is 0 Å². The molecule has 1 amide bonds. The van der Waals surface area contributed by atoms with Crippen molar-refractivity contribution >= 4 is 17.5 Å². The Morgan fingerprint density at radius 2 is 2.00 bits per heavy atom. The molecule has 0 heterocycles. The van der Waals surface area contributed by atoms with Gasteiger partial charge in [0.05, 0.1) is 0 Å². The largest absolute Gasteiger partial charge is 0.339 e. The van der Waals surface area contributed by atoms with E-state index >= 15 is 0 Å². The number of rotatable bonds is 5. The Kier molecular flexibility index (Phi) is 5.29. The first-order valence-corrected chi connectivity index (χ1v) is 5.81. The lowest BCUT2D eigenvalue weighted by Gasteiger charge is -2.20. The van der Waals surface area contributed by atoms with E-state index in [0.717, 1.165) is 6.42 Å².